The number of aliphatic hydroxyl groups excluding tert-OH is 1. The van der Waals surface area contributed by atoms with Crippen LogP contribution in [0.2, 0.25) is 0 Å². The Labute approximate surface area is 144 Å². The Morgan fingerprint density at radius 2 is 1.64 bits per heavy atom. The monoisotopic (exact) mass is 356 g/mol. The van der Waals surface area contributed by atoms with Gasteiger partial charge in [-0.15, -0.1) is 0 Å². The van der Waals surface area contributed by atoms with Gasteiger partial charge in [0.15, 0.2) is 0 Å². The fraction of sp³-hybridized carbons (Fsp3) is 0.733. The Balaban J connectivity index is 2.15. The maximum absolute atomic E-state index is 12.8. The zero-order valence-electron chi connectivity index (χ0n) is 14.1. The number of primary amides is 1. The lowest BCUT2D eigenvalue weighted by Crippen LogP contribution is -2.58. The normalized spacial score (nSPS) is 25.5. The molecule has 0 aliphatic carbocycles. The van der Waals surface area contributed by atoms with Crippen LogP contribution in [0.3, 0.4) is 0 Å². The summed E-state index contributed by atoms with van der Waals surface area (Å²) in [5.41, 5.74) is 5.34. The molecule has 0 radical (unpaired) electrons. The molecule has 0 spiro atoms. The molecule has 2 heterocycles. The van der Waals surface area contributed by atoms with E-state index in [1.807, 2.05) is 5.32 Å². The number of hydrogen-bond donors (Lipinski definition) is 4. The lowest BCUT2D eigenvalue weighted by molar-refractivity contribution is -0.148. The van der Waals surface area contributed by atoms with Crippen LogP contribution >= 0.6 is 0 Å². The zero-order chi connectivity index (χ0) is 18.7. The molecule has 5 N–H and O–H groups in total. The minimum Gasteiger partial charge on any atom is -0.465 e. The van der Waals surface area contributed by atoms with Gasteiger partial charge in [0.1, 0.15) is 18.1 Å². The molecule has 2 fully saturated rings. The highest BCUT2D eigenvalue weighted by molar-refractivity contribution is 5.94. The van der Waals surface area contributed by atoms with Crippen LogP contribution in [0, 0.1) is 0 Å². The van der Waals surface area contributed by atoms with Gasteiger partial charge in [-0.3, -0.25) is 14.4 Å². The number of likely N-dealkylation sites (tertiary alicyclic amines) is 2. The third-order valence-corrected chi connectivity index (χ3v) is 4.71. The Bertz CT molecular complexity index is 546. The number of amides is 4. The Kier molecular flexibility index (Phi) is 5.83. The van der Waals surface area contributed by atoms with Crippen LogP contribution in [0.4, 0.5) is 4.79 Å². The predicted octanol–water partition coefficient (Wildman–Crippen LogP) is -1.53. The van der Waals surface area contributed by atoms with Crippen molar-refractivity contribution in [1.82, 2.24) is 15.1 Å². The molecular weight excluding hydrogens is 332 g/mol. The van der Waals surface area contributed by atoms with Crippen LogP contribution in [0.15, 0.2) is 0 Å². The molecule has 2 rings (SSSR count). The van der Waals surface area contributed by atoms with Gasteiger partial charge in [0.05, 0.1) is 6.10 Å². The SMILES string of the molecule is C[C@@H](O)[C@H](NC(=O)O)C(=O)N1CCC[C@H]1C(=O)N1CCC[C@H]1C(N)=O. The van der Waals surface area contributed by atoms with Crippen molar-refractivity contribution in [3.05, 3.63) is 0 Å². The maximum atomic E-state index is 12.8. The number of aliphatic hydroxyl groups is 1. The lowest BCUT2D eigenvalue weighted by atomic mass is 10.1. The van der Waals surface area contributed by atoms with Gasteiger partial charge in [-0.2, -0.15) is 0 Å². The van der Waals surface area contributed by atoms with Crippen LogP contribution in [0.5, 0.6) is 0 Å². The average Bonchev–Trinajstić information content (AvgIpc) is 3.19. The van der Waals surface area contributed by atoms with Gasteiger partial charge in [-0.05, 0) is 32.6 Å². The molecule has 140 valence electrons. The first-order chi connectivity index (χ1) is 11.7. The smallest absolute Gasteiger partial charge is 0.405 e. The van der Waals surface area contributed by atoms with E-state index in [1.165, 1.54) is 16.7 Å². The van der Waals surface area contributed by atoms with Crippen molar-refractivity contribution in [1.29, 1.82) is 0 Å². The minimum absolute atomic E-state index is 0.287. The van der Waals surface area contributed by atoms with Crippen molar-refractivity contribution < 1.29 is 29.4 Å². The maximum Gasteiger partial charge on any atom is 0.405 e. The van der Waals surface area contributed by atoms with Crippen molar-refractivity contribution in [3.63, 3.8) is 0 Å². The van der Waals surface area contributed by atoms with Crippen molar-refractivity contribution in [2.45, 2.75) is 56.8 Å². The molecule has 0 saturated carbocycles. The van der Waals surface area contributed by atoms with E-state index in [0.29, 0.717) is 32.2 Å². The highest BCUT2D eigenvalue weighted by atomic mass is 16.4. The number of nitrogens with zero attached hydrogens (tertiary/aromatic N) is 2. The van der Waals surface area contributed by atoms with E-state index in [2.05, 4.69) is 0 Å². The van der Waals surface area contributed by atoms with Crippen molar-refractivity contribution >= 4 is 23.8 Å². The fourth-order valence-corrected chi connectivity index (χ4v) is 3.51. The van der Waals surface area contributed by atoms with Gasteiger partial charge in [-0.25, -0.2) is 4.79 Å². The molecule has 4 amide bonds. The third kappa shape index (κ3) is 4.01. The van der Waals surface area contributed by atoms with E-state index >= 15 is 0 Å². The van der Waals surface area contributed by atoms with E-state index in [4.69, 9.17) is 10.8 Å². The standard InChI is InChI=1S/C15H24N4O6/c1-8(20)11(17-15(24)25)14(23)19-7-3-5-10(19)13(22)18-6-2-4-9(18)12(16)21/h8-11,17,20H,2-7H2,1H3,(H2,16,21)(H,24,25)/t8-,9+,10+,11+/m1/s1. The predicted molar refractivity (Wildman–Crippen MR) is 85.3 cm³/mol. The second-order valence-electron chi connectivity index (χ2n) is 6.45. The van der Waals surface area contributed by atoms with Gasteiger partial charge >= 0.3 is 6.09 Å². The molecule has 0 bridgehead atoms. The number of carbonyl (C=O) groups excluding carboxylic acids is 3. The second-order valence-corrected chi connectivity index (χ2v) is 6.45. The lowest BCUT2D eigenvalue weighted by Gasteiger charge is -2.32. The van der Waals surface area contributed by atoms with Crippen molar-refractivity contribution in [2.24, 2.45) is 5.73 Å². The molecule has 0 aromatic carbocycles. The minimum atomic E-state index is -1.44. The summed E-state index contributed by atoms with van der Waals surface area (Å²) >= 11 is 0. The largest absolute Gasteiger partial charge is 0.465 e. The van der Waals surface area contributed by atoms with Gasteiger partial charge in [-0.1, -0.05) is 0 Å². The van der Waals surface area contributed by atoms with Crippen molar-refractivity contribution in [2.75, 3.05) is 13.1 Å². The van der Waals surface area contributed by atoms with Crippen LogP contribution in [0.1, 0.15) is 32.6 Å². The highest BCUT2D eigenvalue weighted by Crippen LogP contribution is 2.25. The fourth-order valence-electron chi connectivity index (χ4n) is 3.51. The van der Waals surface area contributed by atoms with E-state index in [1.54, 1.807) is 0 Å². The van der Waals surface area contributed by atoms with Gasteiger partial charge in [0, 0.05) is 13.1 Å². The van der Waals surface area contributed by atoms with Gasteiger partial charge in [0.25, 0.3) is 0 Å². The quantitative estimate of drug-likeness (QED) is 0.469. The van der Waals surface area contributed by atoms with E-state index in [9.17, 15) is 24.3 Å². The second kappa shape index (κ2) is 7.68. The summed E-state index contributed by atoms with van der Waals surface area (Å²) in [7, 11) is 0. The highest BCUT2D eigenvalue weighted by Gasteiger charge is 2.43. The first-order valence-corrected chi connectivity index (χ1v) is 8.31. The molecule has 0 aromatic heterocycles. The molecule has 10 nitrogen and oxygen atoms in total. The van der Waals surface area contributed by atoms with E-state index in [0.717, 1.165) is 0 Å². The van der Waals surface area contributed by atoms with Crippen LogP contribution < -0.4 is 11.1 Å². The van der Waals surface area contributed by atoms with Crippen LogP contribution in [-0.4, -0.2) is 81.1 Å². The Morgan fingerprint density at radius 3 is 2.16 bits per heavy atom. The summed E-state index contributed by atoms with van der Waals surface area (Å²) in [6.45, 7) is 1.99. The zero-order valence-corrected chi connectivity index (χ0v) is 14.1. The number of nitrogens with two attached hydrogens (primary N) is 1. The molecule has 2 aliphatic heterocycles. The molecule has 2 aliphatic rings. The molecule has 0 aromatic rings. The topological polar surface area (TPSA) is 153 Å². The van der Waals surface area contributed by atoms with Gasteiger partial charge in [0.2, 0.25) is 17.7 Å². The van der Waals surface area contributed by atoms with E-state index in [-0.39, 0.29) is 12.5 Å². The molecule has 0 unspecified atom stereocenters. The molecule has 25 heavy (non-hydrogen) atoms. The Morgan fingerprint density at radius 1 is 1.08 bits per heavy atom. The Hall–Kier alpha value is -2.36. The third-order valence-electron chi connectivity index (χ3n) is 4.71. The summed E-state index contributed by atoms with van der Waals surface area (Å²) in [4.78, 5) is 50.5. The first kappa shape index (κ1) is 19.0. The number of carbonyl (C=O) groups is 4. The first-order valence-electron chi connectivity index (χ1n) is 8.31. The summed E-state index contributed by atoms with van der Waals surface area (Å²) in [5, 5.41) is 20.6. The molecular formula is C15H24N4O6. The molecule has 4 atom stereocenters. The summed E-state index contributed by atoms with van der Waals surface area (Å²) in [6, 6.07) is -2.80. The van der Waals surface area contributed by atoms with Crippen LogP contribution in [-0.2, 0) is 14.4 Å². The van der Waals surface area contributed by atoms with E-state index < -0.39 is 42.1 Å². The number of carboxylic acid groups (broad SMARTS) is 1. The summed E-state index contributed by atoms with van der Waals surface area (Å²) in [5.74, 6) is -1.58. The summed E-state index contributed by atoms with van der Waals surface area (Å²) in [6.07, 6.45) is -0.516. The van der Waals surface area contributed by atoms with Gasteiger partial charge < -0.3 is 31.1 Å². The summed E-state index contributed by atoms with van der Waals surface area (Å²) < 4.78 is 0. The average molecular weight is 356 g/mol. The van der Waals surface area contributed by atoms with Crippen LogP contribution in [0.25, 0.3) is 0 Å². The number of hydrogen-bond acceptors (Lipinski definition) is 5. The number of rotatable bonds is 5. The number of nitrogens with one attached hydrogen (secondary N) is 1. The van der Waals surface area contributed by atoms with Crippen molar-refractivity contribution in [3.8, 4) is 0 Å². The molecule has 2 saturated heterocycles. The molecule has 10 heteroatoms.